The van der Waals surface area contributed by atoms with Crippen molar-refractivity contribution in [2.75, 3.05) is 11.9 Å². The molecular formula is C18H20FN3O3. The summed E-state index contributed by atoms with van der Waals surface area (Å²) in [5.41, 5.74) is -0.482. The molecule has 4 atom stereocenters. The van der Waals surface area contributed by atoms with Gasteiger partial charge >= 0.3 is 0 Å². The summed E-state index contributed by atoms with van der Waals surface area (Å²) >= 11 is 0. The molecule has 4 rings (SSSR count). The standard InChI is InChI=1S/C18H20FN3O3/c1-3-4-7-22-15(23)13-9(2)21-18(14(13)16(22)24)11-8-10(19)5-6-12(11)20-17(18)25/h5-6,8-9,13-14,21H,3-4,7H2,1-2H3,(H,20,25). The average Bonchev–Trinajstić information content (AvgIpc) is 3.12. The van der Waals surface area contributed by atoms with E-state index in [1.54, 1.807) is 6.92 Å². The summed E-state index contributed by atoms with van der Waals surface area (Å²) in [6.45, 7) is 4.15. The third-order valence-electron chi connectivity index (χ3n) is 5.65. The normalized spacial score (nSPS) is 33.2. The molecule has 2 fully saturated rings. The first-order valence-corrected chi connectivity index (χ1v) is 8.66. The molecule has 6 nitrogen and oxygen atoms in total. The van der Waals surface area contributed by atoms with Crippen LogP contribution in [-0.2, 0) is 19.9 Å². The first kappa shape index (κ1) is 16.2. The molecule has 1 spiro atoms. The summed E-state index contributed by atoms with van der Waals surface area (Å²) in [6.07, 6.45) is 1.59. The molecule has 0 aromatic heterocycles. The van der Waals surface area contributed by atoms with Crippen molar-refractivity contribution in [2.24, 2.45) is 11.8 Å². The molecule has 0 aliphatic carbocycles. The van der Waals surface area contributed by atoms with E-state index >= 15 is 0 Å². The van der Waals surface area contributed by atoms with Crippen molar-refractivity contribution in [1.29, 1.82) is 0 Å². The topological polar surface area (TPSA) is 78.5 Å². The second kappa shape index (κ2) is 5.36. The van der Waals surface area contributed by atoms with Gasteiger partial charge in [-0.2, -0.15) is 0 Å². The van der Waals surface area contributed by atoms with Crippen LogP contribution < -0.4 is 10.6 Å². The summed E-state index contributed by atoms with van der Waals surface area (Å²) < 4.78 is 13.9. The van der Waals surface area contributed by atoms with Gasteiger partial charge in [0, 0.05) is 23.8 Å². The Morgan fingerprint density at radius 2 is 2.00 bits per heavy atom. The molecular weight excluding hydrogens is 325 g/mol. The van der Waals surface area contributed by atoms with Crippen LogP contribution >= 0.6 is 0 Å². The van der Waals surface area contributed by atoms with Gasteiger partial charge in [0.1, 0.15) is 11.4 Å². The van der Waals surface area contributed by atoms with E-state index in [0.29, 0.717) is 17.8 Å². The lowest BCUT2D eigenvalue weighted by Gasteiger charge is -2.29. The molecule has 1 aromatic rings. The number of benzene rings is 1. The Kier molecular flexibility index (Phi) is 3.47. The van der Waals surface area contributed by atoms with Gasteiger partial charge < -0.3 is 5.32 Å². The van der Waals surface area contributed by atoms with Gasteiger partial charge in [-0.15, -0.1) is 0 Å². The SMILES string of the molecule is CCCCN1C(=O)C2C(C)NC3(C(=O)Nc4ccc(F)cc43)C2C1=O. The number of halogens is 1. The van der Waals surface area contributed by atoms with E-state index in [0.717, 1.165) is 12.8 Å². The van der Waals surface area contributed by atoms with Crippen molar-refractivity contribution in [3.05, 3.63) is 29.6 Å². The highest BCUT2D eigenvalue weighted by Crippen LogP contribution is 2.52. The number of imide groups is 1. The quantitative estimate of drug-likeness (QED) is 0.811. The first-order valence-electron chi connectivity index (χ1n) is 8.66. The number of carbonyl (C=O) groups excluding carboxylic acids is 3. The van der Waals surface area contributed by atoms with Crippen molar-refractivity contribution >= 4 is 23.4 Å². The molecule has 1 aromatic carbocycles. The third-order valence-corrected chi connectivity index (χ3v) is 5.65. The number of hydrogen-bond acceptors (Lipinski definition) is 4. The molecule has 4 unspecified atom stereocenters. The molecule has 7 heteroatoms. The summed E-state index contributed by atoms with van der Waals surface area (Å²) in [4.78, 5) is 40.0. The number of nitrogens with zero attached hydrogens (tertiary/aromatic N) is 1. The van der Waals surface area contributed by atoms with Gasteiger partial charge in [0.15, 0.2) is 0 Å². The zero-order valence-corrected chi connectivity index (χ0v) is 14.1. The van der Waals surface area contributed by atoms with Gasteiger partial charge in [0.25, 0.3) is 0 Å². The van der Waals surface area contributed by atoms with E-state index in [1.807, 2.05) is 6.92 Å². The van der Waals surface area contributed by atoms with Crippen molar-refractivity contribution in [2.45, 2.75) is 38.3 Å². The Morgan fingerprint density at radius 1 is 1.24 bits per heavy atom. The maximum Gasteiger partial charge on any atom is 0.250 e. The predicted molar refractivity (Wildman–Crippen MR) is 87.9 cm³/mol. The van der Waals surface area contributed by atoms with E-state index in [4.69, 9.17) is 0 Å². The number of fused-ring (bicyclic) bond motifs is 4. The molecule has 132 valence electrons. The number of rotatable bonds is 3. The Morgan fingerprint density at radius 3 is 2.72 bits per heavy atom. The second-order valence-corrected chi connectivity index (χ2v) is 7.07. The van der Waals surface area contributed by atoms with Crippen LogP contribution in [0.25, 0.3) is 0 Å². The Bertz CT molecular complexity index is 796. The fraction of sp³-hybridized carbons (Fsp3) is 0.500. The fourth-order valence-corrected chi connectivity index (χ4v) is 4.53. The van der Waals surface area contributed by atoms with E-state index in [1.165, 1.54) is 23.1 Å². The largest absolute Gasteiger partial charge is 0.324 e. The van der Waals surface area contributed by atoms with Gasteiger partial charge in [-0.1, -0.05) is 13.3 Å². The highest BCUT2D eigenvalue weighted by atomic mass is 19.1. The fourth-order valence-electron chi connectivity index (χ4n) is 4.53. The van der Waals surface area contributed by atoms with Crippen LogP contribution in [0.4, 0.5) is 10.1 Å². The molecule has 2 saturated heterocycles. The van der Waals surface area contributed by atoms with Gasteiger partial charge in [-0.25, -0.2) is 4.39 Å². The first-order chi connectivity index (χ1) is 11.9. The van der Waals surface area contributed by atoms with Crippen molar-refractivity contribution < 1.29 is 18.8 Å². The zero-order valence-electron chi connectivity index (χ0n) is 14.1. The lowest BCUT2D eigenvalue weighted by Crippen LogP contribution is -2.53. The number of carbonyl (C=O) groups is 3. The maximum atomic E-state index is 13.9. The number of nitrogens with one attached hydrogen (secondary N) is 2. The van der Waals surface area contributed by atoms with E-state index in [-0.39, 0.29) is 17.9 Å². The van der Waals surface area contributed by atoms with Crippen LogP contribution in [0.1, 0.15) is 32.3 Å². The molecule has 2 N–H and O–H groups in total. The van der Waals surface area contributed by atoms with Gasteiger partial charge in [0.05, 0.1) is 11.8 Å². The molecule has 0 bridgehead atoms. The highest BCUT2D eigenvalue weighted by molar-refractivity contribution is 6.15. The zero-order chi connectivity index (χ0) is 17.9. The van der Waals surface area contributed by atoms with Crippen LogP contribution in [0.5, 0.6) is 0 Å². The average molecular weight is 345 g/mol. The minimum absolute atomic E-state index is 0.238. The molecule has 0 saturated carbocycles. The lowest BCUT2D eigenvalue weighted by atomic mass is 9.76. The summed E-state index contributed by atoms with van der Waals surface area (Å²) in [7, 11) is 0. The Hall–Kier alpha value is -2.28. The minimum atomic E-state index is -1.38. The number of hydrogen-bond donors (Lipinski definition) is 2. The van der Waals surface area contributed by atoms with Gasteiger partial charge in [0.2, 0.25) is 17.7 Å². The molecule has 25 heavy (non-hydrogen) atoms. The second-order valence-electron chi connectivity index (χ2n) is 7.07. The van der Waals surface area contributed by atoms with Gasteiger partial charge in [-0.05, 0) is 31.5 Å². The van der Waals surface area contributed by atoms with Crippen LogP contribution in [0, 0.1) is 17.7 Å². The van der Waals surface area contributed by atoms with Crippen molar-refractivity contribution in [1.82, 2.24) is 10.2 Å². The van der Waals surface area contributed by atoms with Crippen LogP contribution in [0.2, 0.25) is 0 Å². The number of likely N-dealkylation sites (tertiary alicyclic amines) is 1. The highest BCUT2D eigenvalue weighted by Gasteiger charge is 2.69. The molecule has 3 amide bonds. The van der Waals surface area contributed by atoms with Crippen molar-refractivity contribution in [3.63, 3.8) is 0 Å². The molecule has 3 heterocycles. The number of unbranched alkanes of at least 4 members (excludes halogenated alkanes) is 1. The van der Waals surface area contributed by atoms with Gasteiger partial charge in [-0.3, -0.25) is 24.6 Å². The monoisotopic (exact) mass is 345 g/mol. The van der Waals surface area contributed by atoms with E-state index < -0.39 is 29.1 Å². The van der Waals surface area contributed by atoms with Crippen LogP contribution in [0.3, 0.4) is 0 Å². The Balaban J connectivity index is 1.83. The lowest BCUT2D eigenvalue weighted by molar-refractivity contribution is -0.142. The minimum Gasteiger partial charge on any atom is -0.324 e. The predicted octanol–water partition coefficient (Wildman–Crippen LogP) is 1.37. The summed E-state index contributed by atoms with van der Waals surface area (Å²) in [5.74, 6) is -2.90. The summed E-state index contributed by atoms with van der Waals surface area (Å²) in [5, 5.41) is 5.89. The summed E-state index contributed by atoms with van der Waals surface area (Å²) in [6, 6.07) is 3.69. The van der Waals surface area contributed by atoms with Crippen LogP contribution in [0.15, 0.2) is 18.2 Å². The smallest absolute Gasteiger partial charge is 0.250 e. The number of amides is 3. The number of anilines is 1. The van der Waals surface area contributed by atoms with Crippen molar-refractivity contribution in [3.8, 4) is 0 Å². The Labute approximate surface area is 144 Å². The molecule has 0 radical (unpaired) electrons. The van der Waals surface area contributed by atoms with E-state index in [9.17, 15) is 18.8 Å². The maximum absolute atomic E-state index is 13.9. The van der Waals surface area contributed by atoms with Crippen LogP contribution in [-0.4, -0.2) is 35.2 Å². The molecule has 3 aliphatic rings. The molecule has 3 aliphatic heterocycles. The van der Waals surface area contributed by atoms with E-state index in [2.05, 4.69) is 10.6 Å². The third kappa shape index (κ3) is 1.96.